The number of hydrogen-bond donors (Lipinski definition) is 1. The molecule has 0 radical (unpaired) electrons. The molecule has 1 rings (SSSR count). The van der Waals surface area contributed by atoms with Gasteiger partial charge in [0.05, 0.1) is 13.2 Å². The first-order valence-corrected chi connectivity index (χ1v) is 7.35. The fourth-order valence-corrected chi connectivity index (χ4v) is 2.28. The molecule has 1 fully saturated rings. The predicted octanol–water partition coefficient (Wildman–Crippen LogP) is 1.65. The second-order valence-electron chi connectivity index (χ2n) is 4.99. The van der Waals surface area contributed by atoms with Gasteiger partial charge in [0.25, 0.3) is 0 Å². The van der Waals surface area contributed by atoms with Gasteiger partial charge in [0.2, 0.25) is 5.91 Å². The maximum Gasteiger partial charge on any atom is 0.223 e. The van der Waals surface area contributed by atoms with Gasteiger partial charge in [-0.05, 0) is 12.8 Å². The molecule has 18 heavy (non-hydrogen) atoms. The molecule has 0 aromatic heterocycles. The number of hydrogen-bond acceptors (Lipinski definition) is 3. The van der Waals surface area contributed by atoms with E-state index >= 15 is 0 Å². The maximum absolute atomic E-state index is 12.0. The Bertz CT molecular complexity index is 228. The van der Waals surface area contributed by atoms with Crippen LogP contribution in [0.25, 0.3) is 0 Å². The minimum Gasteiger partial charge on any atom is -0.379 e. The molecule has 1 heterocycles. The van der Waals surface area contributed by atoms with E-state index in [1.165, 1.54) is 0 Å². The van der Waals surface area contributed by atoms with Gasteiger partial charge in [0.1, 0.15) is 0 Å². The molecule has 0 aliphatic carbocycles. The summed E-state index contributed by atoms with van der Waals surface area (Å²) >= 11 is 0. The standard InChI is InChI=1S/C14H28N2O2/c1-3-5-6-13(4-2)14(17)15-7-8-16-9-11-18-12-10-16/h13H,3-12H2,1-2H3,(H,15,17). The summed E-state index contributed by atoms with van der Waals surface area (Å²) in [6.07, 6.45) is 4.28. The Balaban J connectivity index is 2.13. The van der Waals surface area contributed by atoms with Crippen LogP contribution in [0.5, 0.6) is 0 Å². The lowest BCUT2D eigenvalue weighted by molar-refractivity contribution is -0.125. The molecule has 4 nitrogen and oxygen atoms in total. The number of ether oxygens (including phenoxy) is 1. The van der Waals surface area contributed by atoms with Gasteiger partial charge in [-0.15, -0.1) is 0 Å². The van der Waals surface area contributed by atoms with E-state index in [4.69, 9.17) is 4.74 Å². The van der Waals surface area contributed by atoms with Gasteiger partial charge >= 0.3 is 0 Å². The summed E-state index contributed by atoms with van der Waals surface area (Å²) in [6, 6.07) is 0. The first-order chi connectivity index (χ1) is 8.77. The van der Waals surface area contributed by atoms with Crippen molar-refractivity contribution in [3.05, 3.63) is 0 Å². The molecule has 1 N–H and O–H groups in total. The molecular weight excluding hydrogens is 228 g/mol. The van der Waals surface area contributed by atoms with Crippen LogP contribution in [0.3, 0.4) is 0 Å². The minimum absolute atomic E-state index is 0.203. The zero-order valence-corrected chi connectivity index (χ0v) is 11.9. The normalized spacial score (nSPS) is 18.6. The molecule has 0 aromatic carbocycles. The minimum atomic E-state index is 0.203. The number of carbonyl (C=O) groups excluding carboxylic acids is 1. The van der Waals surface area contributed by atoms with E-state index in [1.807, 2.05) is 0 Å². The average molecular weight is 256 g/mol. The highest BCUT2D eigenvalue weighted by molar-refractivity contribution is 5.78. The second kappa shape index (κ2) is 9.34. The molecule has 0 aromatic rings. The largest absolute Gasteiger partial charge is 0.379 e. The average Bonchev–Trinajstić information content (AvgIpc) is 2.41. The Morgan fingerprint density at radius 3 is 2.67 bits per heavy atom. The Hall–Kier alpha value is -0.610. The third kappa shape index (κ3) is 5.83. The lowest BCUT2D eigenvalue weighted by atomic mass is 9.98. The second-order valence-corrected chi connectivity index (χ2v) is 4.99. The quantitative estimate of drug-likeness (QED) is 0.718. The third-order valence-electron chi connectivity index (χ3n) is 3.60. The zero-order chi connectivity index (χ0) is 13.2. The van der Waals surface area contributed by atoms with Crippen molar-refractivity contribution < 1.29 is 9.53 Å². The SMILES string of the molecule is CCCCC(CC)C(=O)NCCN1CCOCC1. The number of nitrogens with zero attached hydrogens (tertiary/aromatic N) is 1. The third-order valence-corrected chi connectivity index (χ3v) is 3.60. The summed E-state index contributed by atoms with van der Waals surface area (Å²) in [6.45, 7) is 9.60. The van der Waals surface area contributed by atoms with Crippen LogP contribution in [-0.4, -0.2) is 50.2 Å². The molecule has 1 amide bonds. The molecule has 1 unspecified atom stereocenters. The monoisotopic (exact) mass is 256 g/mol. The van der Waals surface area contributed by atoms with Crippen LogP contribution in [0.15, 0.2) is 0 Å². The summed E-state index contributed by atoms with van der Waals surface area (Å²) in [5.74, 6) is 0.439. The Morgan fingerprint density at radius 2 is 2.06 bits per heavy atom. The van der Waals surface area contributed by atoms with Crippen molar-refractivity contribution >= 4 is 5.91 Å². The van der Waals surface area contributed by atoms with E-state index in [2.05, 4.69) is 24.1 Å². The first-order valence-electron chi connectivity index (χ1n) is 7.35. The van der Waals surface area contributed by atoms with Gasteiger partial charge in [-0.3, -0.25) is 9.69 Å². The summed E-state index contributed by atoms with van der Waals surface area (Å²) in [4.78, 5) is 14.3. The Kier molecular flexibility index (Phi) is 8.01. The molecule has 1 atom stereocenters. The summed E-state index contributed by atoms with van der Waals surface area (Å²) in [5.41, 5.74) is 0. The number of amides is 1. The van der Waals surface area contributed by atoms with Crippen molar-refractivity contribution in [3.8, 4) is 0 Å². The van der Waals surface area contributed by atoms with Gasteiger partial charge in [0, 0.05) is 32.1 Å². The van der Waals surface area contributed by atoms with Crippen LogP contribution < -0.4 is 5.32 Å². The first kappa shape index (κ1) is 15.4. The Labute approximate surface area is 111 Å². The van der Waals surface area contributed by atoms with E-state index in [-0.39, 0.29) is 11.8 Å². The molecular formula is C14H28N2O2. The zero-order valence-electron chi connectivity index (χ0n) is 11.9. The highest BCUT2D eigenvalue weighted by Gasteiger charge is 2.16. The summed E-state index contributed by atoms with van der Waals surface area (Å²) in [5, 5.41) is 3.07. The van der Waals surface area contributed by atoms with Crippen molar-refractivity contribution in [1.29, 1.82) is 0 Å². The van der Waals surface area contributed by atoms with Gasteiger partial charge in [0.15, 0.2) is 0 Å². The van der Waals surface area contributed by atoms with Crippen LogP contribution in [0, 0.1) is 5.92 Å². The lowest BCUT2D eigenvalue weighted by Crippen LogP contribution is -2.42. The molecule has 1 saturated heterocycles. The van der Waals surface area contributed by atoms with E-state index in [0.717, 1.165) is 65.1 Å². The van der Waals surface area contributed by atoms with E-state index < -0.39 is 0 Å². The van der Waals surface area contributed by atoms with Crippen molar-refractivity contribution in [2.45, 2.75) is 39.5 Å². The van der Waals surface area contributed by atoms with Crippen molar-refractivity contribution in [2.24, 2.45) is 5.92 Å². The van der Waals surface area contributed by atoms with Crippen LogP contribution in [0.4, 0.5) is 0 Å². The lowest BCUT2D eigenvalue weighted by Gasteiger charge is -2.26. The number of carbonyl (C=O) groups is 1. The van der Waals surface area contributed by atoms with Gasteiger partial charge in [-0.1, -0.05) is 26.7 Å². The smallest absolute Gasteiger partial charge is 0.223 e. The van der Waals surface area contributed by atoms with Gasteiger partial charge in [-0.25, -0.2) is 0 Å². The number of unbranched alkanes of at least 4 members (excludes halogenated alkanes) is 1. The van der Waals surface area contributed by atoms with E-state index in [1.54, 1.807) is 0 Å². The highest BCUT2D eigenvalue weighted by Crippen LogP contribution is 2.12. The van der Waals surface area contributed by atoms with Crippen LogP contribution in [0.1, 0.15) is 39.5 Å². The number of rotatable bonds is 8. The topological polar surface area (TPSA) is 41.6 Å². The van der Waals surface area contributed by atoms with E-state index in [9.17, 15) is 4.79 Å². The van der Waals surface area contributed by atoms with Crippen molar-refractivity contribution in [2.75, 3.05) is 39.4 Å². The molecule has 0 spiro atoms. The van der Waals surface area contributed by atoms with Crippen molar-refractivity contribution in [1.82, 2.24) is 10.2 Å². The van der Waals surface area contributed by atoms with Crippen LogP contribution >= 0.6 is 0 Å². The van der Waals surface area contributed by atoms with Crippen LogP contribution in [0.2, 0.25) is 0 Å². The maximum atomic E-state index is 12.0. The molecule has 1 aliphatic heterocycles. The highest BCUT2D eigenvalue weighted by atomic mass is 16.5. The molecule has 4 heteroatoms. The molecule has 1 aliphatic rings. The van der Waals surface area contributed by atoms with Gasteiger partial charge in [-0.2, -0.15) is 0 Å². The fraction of sp³-hybridized carbons (Fsp3) is 0.929. The Morgan fingerprint density at radius 1 is 1.33 bits per heavy atom. The van der Waals surface area contributed by atoms with Gasteiger partial charge < -0.3 is 10.1 Å². The fourth-order valence-electron chi connectivity index (χ4n) is 2.28. The number of morpholine rings is 1. The summed E-state index contributed by atoms with van der Waals surface area (Å²) in [7, 11) is 0. The molecule has 0 bridgehead atoms. The predicted molar refractivity (Wildman–Crippen MR) is 73.6 cm³/mol. The molecule has 106 valence electrons. The van der Waals surface area contributed by atoms with Crippen LogP contribution in [-0.2, 0) is 9.53 Å². The van der Waals surface area contributed by atoms with Crippen molar-refractivity contribution in [3.63, 3.8) is 0 Å². The van der Waals surface area contributed by atoms with E-state index in [0.29, 0.717) is 0 Å². The summed E-state index contributed by atoms with van der Waals surface area (Å²) < 4.78 is 5.30. The number of nitrogens with one attached hydrogen (secondary N) is 1. The molecule has 0 saturated carbocycles.